The predicted molar refractivity (Wildman–Crippen MR) is 126 cm³/mol. The van der Waals surface area contributed by atoms with Crippen molar-refractivity contribution in [3.63, 3.8) is 0 Å². The number of carbonyl (C=O) groups excluding carboxylic acids is 1. The molecule has 4 rings (SSSR count). The summed E-state index contributed by atoms with van der Waals surface area (Å²) in [6.45, 7) is 1.31. The quantitative estimate of drug-likeness (QED) is 0.235. The molecule has 0 saturated carbocycles. The highest BCUT2D eigenvalue weighted by atomic mass is 19.4. The summed E-state index contributed by atoms with van der Waals surface area (Å²) < 4.78 is 39.3. The van der Waals surface area contributed by atoms with Gasteiger partial charge in [0.1, 0.15) is 0 Å². The second kappa shape index (κ2) is 9.90. The van der Waals surface area contributed by atoms with Gasteiger partial charge >= 0.3 is 6.18 Å². The molecule has 1 aliphatic heterocycles. The molecule has 0 aromatic heterocycles. The lowest BCUT2D eigenvalue weighted by Gasteiger charge is -2.19. The maximum Gasteiger partial charge on any atom is 0.416 e. The van der Waals surface area contributed by atoms with E-state index in [-0.39, 0.29) is 5.91 Å². The van der Waals surface area contributed by atoms with Gasteiger partial charge in [0, 0.05) is 18.7 Å². The standard InChI is InChI=1S/C28H24F3NO/c29-28(30,31)25-15-13-23(14-16-25)26(27(33)32-17-7-8-18-32)20-24(22-11-5-2-6-12-22)19-21-9-3-1-4-10-21/h1-6,9-16,19-20H,7-8,17-18H2/b24-19-,26-20-. The highest BCUT2D eigenvalue weighted by Crippen LogP contribution is 2.32. The van der Waals surface area contributed by atoms with Crippen molar-refractivity contribution >= 4 is 23.1 Å². The molecule has 3 aromatic carbocycles. The molecule has 3 aromatic rings. The fourth-order valence-corrected chi connectivity index (χ4v) is 3.92. The molecule has 0 radical (unpaired) electrons. The molecule has 1 fully saturated rings. The molecule has 1 amide bonds. The second-order valence-electron chi connectivity index (χ2n) is 8.01. The van der Waals surface area contributed by atoms with Crippen LogP contribution in [-0.2, 0) is 11.0 Å². The Bertz CT molecular complexity index is 1140. The van der Waals surface area contributed by atoms with Gasteiger partial charge in [-0.25, -0.2) is 0 Å². The lowest BCUT2D eigenvalue weighted by atomic mass is 9.95. The van der Waals surface area contributed by atoms with Gasteiger partial charge in [-0.05, 0) is 59.4 Å². The van der Waals surface area contributed by atoms with E-state index in [1.165, 1.54) is 12.1 Å². The zero-order valence-corrected chi connectivity index (χ0v) is 18.1. The monoisotopic (exact) mass is 447 g/mol. The maximum atomic E-state index is 13.5. The van der Waals surface area contributed by atoms with E-state index in [9.17, 15) is 18.0 Å². The Morgan fingerprint density at radius 1 is 0.758 bits per heavy atom. The molecule has 5 heteroatoms. The number of likely N-dealkylation sites (tertiary alicyclic amines) is 1. The number of hydrogen-bond acceptors (Lipinski definition) is 1. The van der Waals surface area contributed by atoms with Crippen molar-refractivity contribution in [1.82, 2.24) is 4.90 Å². The van der Waals surface area contributed by atoms with Gasteiger partial charge in [-0.1, -0.05) is 72.8 Å². The zero-order valence-electron chi connectivity index (χ0n) is 18.1. The summed E-state index contributed by atoms with van der Waals surface area (Å²) in [6, 6.07) is 24.2. The molecule has 0 atom stereocenters. The number of nitrogens with zero attached hydrogens (tertiary/aromatic N) is 1. The molecular formula is C28H24F3NO. The molecule has 0 bridgehead atoms. The Labute approximate surface area is 191 Å². The molecule has 1 aliphatic rings. The molecule has 33 heavy (non-hydrogen) atoms. The first-order valence-corrected chi connectivity index (χ1v) is 10.9. The van der Waals surface area contributed by atoms with Crippen LogP contribution in [0.25, 0.3) is 17.2 Å². The minimum Gasteiger partial charge on any atom is -0.339 e. The molecular weight excluding hydrogens is 423 g/mol. The van der Waals surface area contributed by atoms with E-state index < -0.39 is 11.7 Å². The number of alkyl halides is 3. The van der Waals surface area contributed by atoms with Crippen molar-refractivity contribution in [2.45, 2.75) is 19.0 Å². The van der Waals surface area contributed by atoms with Crippen molar-refractivity contribution in [3.8, 4) is 0 Å². The number of halogens is 3. The van der Waals surface area contributed by atoms with E-state index in [4.69, 9.17) is 0 Å². The molecule has 0 spiro atoms. The number of allylic oxidation sites excluding steroid dienone is 2. The summed E-state index contributed by atoms with van der Waals surface area (Å²) in [7, 11) is 0. The number of benzene rings is 3. The van der Waals surface area contributed by atoms with Gasteiger partial charge in [0.2, 0.25) is 0 Å². The average Bonchev–Trinajstić information content (AvgIpc) is 3.37. The van der Waals surface area contributed by atoms with Crippen LogP contribution in [0.4, 0.5) is 13.2 Å². The van der Waals surface area contributed by atoms with Crippen LogP contribution in [0, 0.1) is 0 Å². The smallest absolute Gasteiger partial charge is 0.339 e. The van der Waals surface area contributed by atoms with E-state index in [0.29, 0.717) is 24.2 Å². The van der Waals surface area contributed by atoms with Gasteiger partial charge in [-0.3, -0.25) is 4.79 Å². The molecule has 2 nitrogen and oxygen atoms in total. The van der Waals surface area contributed by atoms with Crippen LogP contribution in [0.5, 0.6) is 0 Å². The van der Waals surface area contributed by atoms with Crippen LogP contribution in [0.3, 0.4) is 0 Å². The summed E-state index contributed by atoms with van der Waals surface area (Å²) in [4.78, 5) is 15.2. The van der Waals surface area contributed by atoms with Crippen LogP contribution in [0.1, 0.15) is 35.1 Å². The Hall–Kier alpha value is -3.60. The van der Waals surface area contributed by atoms with Gasteiger partial charge in [0.15, 0.2) is 0 Å². The maximum absolute atomic E-state index is 13.5. The Balaban J connectivity index is 1.83. The summed E-state index contributed by atoms with van der Waals surface area (Å²) >= 11 is 0. The van der Waals surface area contributed by atoms with E-state index >= 15 is 0 Å². The largest absolute Gasteiger partial charge is 0.416 e. The summed E-state index contributed by atoms with van der Waals surface area (Å²) in [5.74, 6) is -0.165. The zero-order chi connectivity index (χ0) is 23.3. The van der Waals surface area contributed by atoms with Crippen molar-refractivity contribution in [3.05, 3.63) is 113 Å². The molecule has 168 valence electrons. The van der Waals surface area contributed by atoms with Gasteiger partial charge < -0.3 is 4.90 Å². The van der Waals surface area contributed by atoms with Gasteiger partial charge in [-0.15, -0.1) is 0 Å². The lowest BCUT2D eigenvalue weighted by molar-refractivity contribution is -0.137. The van der Waals surface area contributed by atoms with Crippen LogP contribution in [0.2, 0.25) is 0 Å². The van der Waals surface area contributed by atoms with E-state index in [2.05, 4.69) is 0 Å². The normalized spacial score (nSPS) is 15.1. The fourth-order valence-electron chi connectivity index (χ4n) is 3.92. The van der Waals surface area contributed by atoms with Crippen molar-refractivity contribution in [1.29, 1.82) is 0 Å². The van der Waals surface area contributed by atoms with Gasteiger partial charge in [-0.2, -0.15) is 13.2 Å². The van der Waals surface area contributed by atoms with Crippen LogP contribution in [-0.4, -0.2) is 23.9 Å². The predicted octanol–water partition coefficient (Wildman–Crippen LogP) is 6.95. The second-order valence-corrected chi connectivity index (χ2v) is 8.01. The minimum absolute atomic E-state index is 0.165. The molecule has 1 saturated heterocycles. The first-order chi connectivity index (χ1) is 15.9. The average molecular weight is 448 g/mol. The summed E-state index contributed by atoms with van der Waals surface area (Å²) in [6.07, 6.45) is 1.21. The van der Waals surface area contributed by atoms with Crippen molar-refractivity contribution in [2.24, 2.45) is 0 Å². The van der Waals surface area contributed by atoms with Crippen LogP contribution < -0.4 is 0 Å². The highest BCUT2D eigenvalue weighted by Gasteiger charge is 2.30. The Kier molecular flexibility index (Phi) is 6.78. The number of hydrogen-bond donors (Lipinski definition) is 0. The van der Waals surface area contributed by atoms with Crippen LogP contribution in [0.15, 0.2) is 91.0 Å². The molecule has 1 heterocycles. The minimum atomic E-state index is -4.43. The third-order valence-electron chi connectivity index (χ3n) is 5.68. The Morgan fingerprint density at radius 3 is 1.91 bits per heavy atom. The number of carbonyl (C=O) groups is 1. The first kappa shape index (κ1) is 22.6. The van der Waals surface area contributed by atoms with Gasteiger partial charge in [0.05, 0.1) is 5.56 Å². The fraction of sp³-hybridized carbons (Fsp3) is 0.179. The van der Waals surface area contributed by atoms with Gasteiger partial charge in [0.25, 0.3) is 5.91 Å². The van der Waals surface area contributed by atoms with E-state index in [0.717, 1.165) is 41.7 Å². The highest BCUT2D eigenvalue weighted by molar-refractivity contribution is 6.22. The topological polar surface area (TPSA) is 20.3 Å². The van der Waals surface area contributed by atoms with E-state index in [1.807, 2.05) is 66.7 Å². The third kappa shape index (κ3) is 5.61. The Morgan fingerprint density at radius 2 is 1.33 bits per heavy atom. The number of amides is 1. The van der Waals surface area contributed by atoms with E-state index in [1.54, 1.807) is 11.0 Å². The molecule has 0 N–H and O–H groups in total. The number of rotatable bonds is 5. The third-order valence-corrected chi connectivity index (χ3v) is 5.68. The molecule has 0 unspecified atom stereocenters. The van der Waals surface area contributed by atoms with Crippen LogP contribution >= 0.6 is 0 Å². The summed E-state index contributed by atoms with van der Waals surface area (Å²) in [5, 5.41) is 0. The van der Waals surface area contributed by atoms with Crippen molar-refractivity contribution < 1.29 is 18.0 Å². The summed E-state index contributed by atoms with van der Waals surface area (Å²) in [5.41, 5.74) is 2.81. The lowest BCUT2D eigenvalue weighted by Crippen LogP contribution is -2.28. The first-order valence-electron chi connectivity index (χ1n) is 10.9. The SMILES string of the molecule is O=C(/C(=C\C(=C\c1ccccc1)c1ccccc1)c1ccc(C(F)(F)F)cc1)N1CCCC1. The van der Waals surface area contributed by atoms with Crippen molar-refractivity contribution in [2.75, 3.05) is 13.1 Å². The molecule has 0 aliphatic carbocycles.